The molecule has 1 N–H and O–H groups in total. The highest BCUT2D eigenvalue weighted by Gasteiger charge is 2.60. The van der Waals surface area contributed by atoms with Crippen molar-refractivity contribution in [3.05, 3.63) is 0 Å². The molecule has 4 heteroatoms. The molecule has 4 fully saturated rings. The van der Waals surface area contributed by atoms with Crippen molar-refractivity contribution in [2.24, 2.45) is 52.3 Å². The molecule has 0 radical (unpaired) electrons. The van der Waals surface area contributed by atoms with Crippen molar-refractivity contribution < 1.29 is 14.3 Å². The van der Waals surface area contributed by atoms with Crippen molar-refractivity contribution in [1.29, 1.82) is 0 Å². The molecule has 0 saturated heterocycles. The fourth-order valence-corrected chi connectivity index (χ4v) is 10.2. The zero-order chi connectivity index (χ0) is 27.3. The Hall–Kier alpha value is -0.770. The molecule has 220 valence electrons. The molecule has 1 amide bonds. The molecule has 38 heavy (non-hydrogen) atoms. The third-order valence-corrected chi connectivity index (χ3v) is 12.3. The van der Waals surface area contributed by atoms with Crippen molar-refractivity contribution >= 4 is 6.09 Å². The first kappa shape index (κ1) is 30.2. The number of nitrogens with one attached hydrogen (secondary N) is 1. The Balaban J connectivity index is 1.26. The Bertz CT molecular complexity index is 754. The minimum atomic E-state index is -0.306. The van der Waals surface area contributed by atoms with Gasteiger partial charge in [0.05, 0.1) is 12.7 Å². The van der Waals surface area contributed by atoms with Crippen LogP contribution in [0.4, 0.5) is 4.79 Å². The fourth-order valence-electron chi connectivity index (χ4n) is 10.2. The maximum atomic E-state index is 11.8. The third-order valence-electron chi connectivity index (χ3n) is 12.3. The summed E-state index contributed by atoms with van der Waals surface area (Å²) in [5.74, 6) is 6.34. The summed E-state index contributed by atoms with van der Waals surface area (Å²) in [7, 11) is 0. The summed E-state index contributed by atoms with van der Waals surface area (Å²) in [6.45, 7) is 16.4. The van der Waals surface area contributed by atoms with E-state index in [1.807, 2.05) is 0 Å². The predicted octanol–water partition coefficient (Wildman–Crippen LogP) is 9.02. The lowest BCUT2D eigenvalue weighted by Crippen LogP contribution is -2.54. The van der Waals surface area contributed by atoms with Gasteiger partial charge in [-0.1, -0.05) is 67.2 Å². The van der Waals surface area contributed by atoms with E-state index < -0.39 is 0 Å². The van der Waals surface area contributed by atoms with Gasteiger partial charge in [0, 0.05) is 6.54 Å². The van der Waals surface area contributed by atoms with Gasteiger partial charge in [0.1, 0.15) is 6.61 Å². The van der Waals surface area contributed by atoms with Crippen LogP contribution >= 0.6 is 0 Å². The highest BCUT2D eigenvalue weighted by molar-refractivity contribution is 5.66. The van der Waals surface area contributed by atoms with E-state index in [0.717, 1.165) is 54.3 Å². The molecule has 0 bridgehead atoms. The number of fused-ring (bicyclic) bond motifs is 5. The highest BCUT2D eigenvalue weighted by Crippen LogP contribution is 2.68. The second kappa shape index (κ2) is 13.3. The third kappa shape index (κ3) is 6.58. The summed E-state index contributed by atoms with van der Waals surface area (Å²) in [6, 6.07) is 0. The quantitative estimate of drug-likeness (QED) is 0.256. The average Bonchev–Trinajstić information content (AvgIpc) is 3.24. The van der Waals surface area contributed by atoms with Crippen LogP contribution in [-0.4, -0.2) is 32.0 Å². The van der Waals surface area contributed by atoms with Crippen LogP contribution < -0.4 is 5.32 Å². The lowest BCUT2D eigenvalue weighted by Gasteiger charge is -2.61. The summed E-state index contributed by atoms with van der Waals surface area (Å²) in [6.07, 6.45) is 18.8. The van der Waals surface area contributed by atoms with Gasteiger partial charge in [0.2, 0.25) is 0 Å². The zero-order valence-corrected chi connectivity index (χ0v) is 25.9. The largest absolute Gasteiger partial charge is 0.447 e. The van der Waals surface area contributed by atoms with Crippen LogP contribution in [0, 0.1) is 52.3 Å². The van der Waals surface area contributed by atoms with Crippen LogP contribution in [0.25, 0.3) is 0 Å². The highest BCUT2D eigenvalue weighted by atomic mass is 16.6. The molecule has 0 heterocycles. The minimum Gasteiger partial charge on any atom is -0.447 e. The summed E-state index contributed by atoms with van der Waals surface area (Å²) < 4.78 is 11.6. The van der Waals surface area contributed by atoms with Crippen molar-refractivity contribution in [2.75, 3.05) is 19.8 Å². The summed E-state index contributed by atoms with van der Waals surface area (Å²) in [5, 5.41) is 2.81. The van der Waals surface area contributed by atoms with Gasteiger partial charge in [-0.15, -0.1) is 0 Å². The van der Waals surface area contributed by atoms with E-state index in [-0.39, 0.29) is 6.09 Å². The second-order valence-electron chi connectivity index (χ2n) is 14.9. The Kier molecular flexibility index (Phi) is 10.5. The van der Waals surface area contributed by atoms with Crippen molar-refractivity contribution in [1.82, 2.24) is 5.32 Å². The minimum absolute atomic E-state index is 0.306. The zero-order valence-electron chi connectivity index (χ0n) is 25.9. The lowest BCUT2D eigenvalue weighted by atomic mass is 9.44. The van der Waals surface area contributed by atoms with Crippen LogP contribution in [0.5, 0.6) is 0 Å². The Morgan fingerprint density at radius 1 is 0.895 bits per heavy atom. The van der Waals surface area contributed by atoms with Gasteiger partial charge in [-0.05, 0) is 116 Å². The molecule has 4 nitrogen and oxygen atoms in total. The normalized spacial score (nSPS) is 39.2. The van der Waals surface area contributed by atoms with Crippen LogP contribution in [0.15, 0.2) is 0 Å². The Morgan fingerprint density at radius 3 is 2.42 bits per heavy atom. The molecule has 4 rings (SSSR count). The number of amides is 1. The van der Waals surface area contributed by atoms with Crippen molar-refractivity contribution in [3.8, 4) is 0 Å². The molecule has 0 unspecified atom stereocenters. The number of hydrogen-bond donors (Lipinski definition) is 1. The van der Waals surface area contributed by atoms with Crippen molar-refractivity contribution in [3.63, 3.8) is 0 Å². The van der Waals surface area contributed by atoms with E-state index in [0.29, 0.717) is 36.7 Å². The molecular formula is C34H61NO3. The maximum Gasteiger partial charge on any atom is 0.407 e. The molecule has 0 aromatic rings. The predicted molar refractivity (Wildman–Crippen MR) is 157 cm³/mol. The number of alkyl carbamates (subject to hydrolysis) is 1. The number of carbonyl (C=O) groups is 1. The van der Waals surface area contributed by atoms with Gasteiger partial charge in [-0.2, -0.15) is 0 Å². The fraction of sp³-hybridized carbons (Fsp3) is 0.971. The first-order chi connectivity index (χ1) is 18.2. The molecular weight excluding hydrogens is 470 g/mol. The SMILES string of the molecule is CCCCNC(=O)OCCO[C@@H]1CC[C@@]2(C)[C@H](CC[C@@H]3[C@@H]2CC[C@]2(C)[C@@H]([C@@H](C)CCCC(C)C)CC[C@@H]32)C1. The standard InChI is InChI=1S/C34H61NO3/c1-7-8-20-35-32(36)38-22-21-37-27-16-18-33(5)26(23-27)12-13-28-30-15-14-29(25(4)11-9-10-24(2)3)34(30,6)19-17-31(28)33/h24-31H,7-23H2,1-6H3,(H,35,36)/t25-,26+,27+,28-,29+,30-,31-,33-,34+/m0/s1. The van der Waals surface area contributed by atoms with E-state index in [2.05, 4.69) is 46.9 Å². The Morgan fingerprint density at radius 2 is 1.66 bits per heavy atom. The van der Waals surface area contributed by atoms with Crippen LogP contribution in [0.1, 0.15) is 131 Å². The van der Waals surface area contributed by atoms with E-state index >= 15 is 0 Å². The van der Waals surface area contributed by atoms with Gasteiger partial charge >= 0.3 is 6.09 Å². The smallest absolute Gasteiger partial charge is 0.407 e. The van der Waals surface area contributed by atoms with Crippen molar-refractivity contribution in [2.45, 2.75) is 138 Å². The molecule has 0 aromatic heterocycles. The number of unbranched alkanes of at least 4 members (excludes halogenated alkanes) is 1. The van der Waals surface area contributed by atoms with Gasteiger partial charge < -0.3 is 14.8 Å². The van der Waals surface area contributed by atoms with Gasteiger partial charge in [0.15, 0.2) is 0 Å². The topological polar surface area (TPSA) is 47.6 Å². The second-order valence-corrected chi connectivity index (χ2v) is 14.9. The average molecular weight is 532 g/mol. The van der Waals surface area contributed by atoms with Gasteiger partial charge in [-0.25, -0.2) is 4.79 Å². The summed E-state index contributed by atoms with van der Waals surface area (Å²) in [4.78, 5) is 11.8. The van der Waals surface area contributed by atoms with Crippen LogP contribution in [-0.2, 0) is 9.47 Å². The lowest BCUT2D eigenvalue weighted by molar-refractivity contribution is -0.138. The maximum absolute atomic E-state index is 11.8. The molecule has 4 saturated carbocycles. The number of carbonyl (C=O) groups excluding carboxylic acids is 1. The van der Waals surface area contributed by atoms with Crippen LogP contribution in [0.2, 0.25) is 0 Å². The van der Waals surface area contributed by atoms with E-state index in [1.165, 1.54) is 77.0 Å². The first-order valence-electron chi connectivity index (χ1n) is 16.7. The molecule has 0 aliphatic heterocycles. The van der Waals surface area contributed by atoms with E-state index in [1.54, 1.807) is 0 Å². The number of rotatable bonds is 12. The van der Waals surface area contributed by atoms with E-state index in [4.69, 9.17) is 9.47 Å². The molecule has 0 aromatic carbocycles. The van der Waals surface area contributed by atoms with Gasteiger partial charge in [0.25, 0.3) is 0 Å². The monoisotopic (exact) mass is 531 g/mol. The summed E-state index contributed by atoms with van der Waals surface area (Å²) in [5.41, 5.74) is 1.09. The number of hydrogen-bond acceptors (Lipinski definition) is 3. The van der Waals surface area contributed by atoms with E-state index in [9.17, 15) is 4.79 Å². The molecule has 4 aliphatic carbocycles. The van der Waals surface area contributed by atoms with Crippen LogP contribution in [0.3, 0.4) is 0 Å². The first-order valence-corrected chi connectivity index (χ1v) is 16.7. The number of ether oxygens (including phenoxy) is 2. The molecule has 4 aliphatic rings. The Labute approximate surface area is 235 Å². The molecule has 0 spiro atoms. The molecule has 9 atom stereocenters. The summed E-state index contributed by atoms with van der Waals surface area (Å²) >= 11 is 0. The van der Waals surface area contributed by atoms with Gasteiger partial charge in [-0.3, -0.25) is 0 Å².